The molecule has 1 N–H and O–H groups in total. The number of piperidine rings is 1. The second-order valence-electron chi connectivity index (χ2n) is 3.30. The molecular weight excluding hydrogens is 194 g/mol. The first-order valence-electron chi connectivity index (χ1n) is 4.31. The number of carbonyl (C=O) groups is 1. The van der Waals surface area contributed by atoms with E-state index in [1.165, 1.54) is 0 Å². The van der Waals surface area contributed by atoms with Crippen LogP contribution in [0, 0.1) is 5.92 Å². The maximum atomic E-state index is 11.2. The number of amides is 1. The van der Waals surface area contributed by atoms with Crippen LogP contribution >= 0.6 is 11.6 Å². The molecule has 2 atom stereocenters. The van der Waals surface area contributed by atoms with E-state index in [-0.39, 0.29) is 18.1 Å². The number of hydrogen-bond acceptors (Lipinski definition) is 3. The fraction of sp³-hybridized carbons (Fsp3) is 0.875. The molecule has 0 spiro atoms. The van der Waals surface area contributed by atoms with E-state index in [1.54, 1.807) is 4.90 Å². The second-order valence-corrected chi connectivity index (χ2v) is 3.52. The Morgan fingerprint density at radius 1 is 1.77 bits per heavy atom. The molecule has 5 heteroatoms. The van der Waals surface area contributed by atoms with Gasteiger partial charge in [0.25, 0.3) is 0 Å². The lowest BCUT2D eigenvalue weighted by atomic mass is 9.97. The predicted molar refractivity (Wildman–Crippen MR) is 48.6 cm³/mol. The van der Waals surface area contributed by atoms with Crippen LogP contribution in [0.2, 0.25) is 0 Å². The van der Waals surface area contributed by atoms with Gasteiger partial charge >= 0.3 is 6.09 Å². The third kappa shape index (κ3) is 2.74. The summed E-state index contributed by atoms with van der Waals surface area (Å²) in [7, 11) is 0. The van der Waals surface area contributed by atoms with Crippen molar-refractivity contribution in [3.8, 4) is 0 Å². The molecule has 1 aliphatic heterocycles. The number of rotatable bonds is 1. The van der Waals surface area contributed by atoms with E-state index in [0.717, 1.165) is 0 Å². The lowest BCUT2D eigenvalue weighted by molar-refractivity contribution is 0.0307. The van der Waals surface area contributed by atoms with Crippen LogP contribution in [0.25, 0.3) is 0 Å². The van der Waals surface area contributed by atoms with Gasteiger partial charge in [0, 0.05) is 13.1 Å². The van der Waals surface area contributed by atoms with E-state index >= 15 is 0 Å². The number of alkyl halides is 1. The van der Waals surface area contributed by atoms with Crippen LogP contribution in [-0.4, -0.2) is 41.4 Å². The molecule has 0 aromatic carbocycles. The summed E-state index contributed by atoms with van der Waals surface area (Å²) in [5.74, 6) is 0.108. The molecule has 1 rings (SSSR count). The Kier molecular flexibility index (Phi) is 3.81. The maximum Gasteiger partial charge on any atom is 0.410 e. The first-order valence-corrected chi connectivity index (χ1v) is 4.84. The lowest BCUT2D eigenvalue weighted by Gasteiger charge is -2.33. The van der Waals surface area contributed by atoms with Crippen LogP contribution in [0.5, 0.6) is 0 Å². The Morgan fingerprint density at radius 3 is 3.00 bits per heavy atom. The average Bonchev–Trinajstić information content (AvgIpc) is 2.10. The van der Waals surface area contributed by atoms with Crippen LogP contribution in [0.4, 0.5) is 4.79 Å². The number of halogens is 1. The van der Waals surface area contributed by atoms with Gasteiger partial charge in [-0.1, -0.05) is 18.5 Å². The lowest BCUT2D eigenvalue weighted by Crippen LogP contribution is -2.45. The largest absolute Gasteiger partial charge is 0.433 e. The van der Waals surface area contributed by atoms with E-state index < -0.39 is 6.09 Å². The van der Waals surface area contributed by atoms with Crippen molar-refractivity contribution in [3.05, 3.63) is 0 Å². The fourth-order valence-corrected chi connectivity index (χ4v) is 1.53. The standard InChI is InChI=1S/C8H14ClNO3/c1-6-4-10(3-2-7(6)11)8(12)13-5-9/h6-7,11H,2-5H2,1H3. The summed E-state index contributed by atoms with van der Waals surface area (Å²) in [6, 6.07) is -0.119. The van der Waals surface area contributed by atoms with E-state index in [0.29, 0.717) is 19.5 Å². The van der Waals surface area contributed by atoms with Gasteiger partial charge in [0.15, 0.2) is 6.07 Å². The molecule has 13 heavy (non-hydrogen) atoms. The van der Waals surface area contributed by atoms with Gasteiger partial charge in [-0.3, -0.25) is 0 Å². The van der Waals surface area contributed by atoms with E-state index in [2.05, 4.69) is 4.74 Å². The van der Waals surface area contributed by atoms with Gasteiger partial charge in [-0.25, -0.2) is 4.79 Å². The van der Waals surface area contributed by atoms with Gasteiger partial charge in [-0.15, -0.1) is 0 Å². The van der Waals surface area contributed by atoms with Gasteiger partial charge in [0.1, 0.15) is 0 Å². The van der Waals surface area contributed by atoms with E-state index in [4.69, 9.17) is 11.6 Å². The summed E-state index contributed by atoms with van der Waals surface area (Å²) < 4.78 is 4.64. The summed E-state index contributed by atoms with van der Waals surface area (Å²) in [6.45, 7) is 2.99. The van der Waals surface area contributed by atoms with E-state index in [9.17, 15) is 9.90 Å². The summed E-state index contributed by atoms with van der Waals surface area (Å²) in [6.07, 6.45) is -0.0905. The topological polar surface area (TPSA) is 49.8 Å². The highest BCUT2D eigenvalue weighted by molar-refractivity contribution is 6.17. The molecule has 1 fully saturated rings. The minimum Gasteiger partial charge on any atom is -0.433 e. The number of ether oxygens (including phenoxy) is 1. The van der Waals surface area contributed by atoms with Gasteiger partial charge in [-0.2, -0.15) is 0 Å². The molecule has 0 saturated carbocycles. The highest BCUT2D eigenvalue weighted by Crippen LogP contribution is 2.16. The highest BCUT2D eigenvalue weighted by atomic mass is 35.5. The van der Waals surface area contributed by atoms with Crippen molar-refractivity contribution in [2.24, 2.45) is 5.92 Å². The number of carbonyl (C=O) groups excluding carboxylic acids is 1. The van der Waals surface area contributed by atoms with Gasteiger partial charge in [-0.05, 0) is 12.3 Å². The van der Waals surface area contributed by atoms with Crippen LogP contribution in [0.3, 0.4) is 0 Å². The van der Waals surface area contributed by atoms with Gasteiger partial charge in [0.2, 0.25) is 0 Å². The Balaban J connectivity index is 2.40. The molecule has 0 aliphatic carbocycles. The van der Waals surface area contributed by atoms with Crippen molar-refractivity contribution in [2.75, 3.05) is 19.2 Å². The molecule has 0 aromatic heterocycles. The fourth-order valence-electron chi connectivity index (χ4n) is 1.44. The summed E-state index contributed by atoms with van der Waals surface area (Å²) in [5.41, 5.74) is 0. The SMILES string of the molecule is CC1CN(C(=O)OCCl)CCC1O. The average molecular weight is 208 g/mol. The maximum absolute atomic E-state index is 11.2. The Morgan fingerprint density at radius 2 is 2.46 bits per heavy atom. The molecule has 1 saturated heterocycles. The first kappa shape index (κ1) is 10.6. The van der Waals surface area contributed by atoms with Crippen molar-refractivity contribution in [1.82, 2.24) is 4.90 Å². The number of nitrogens with zero attached hydrogens (tertiary/aromatic N) is 1. The second kappa shape index (κ2) is 4.67. The molecule has 1 heterocycles. The molecule has 0 aromatic rings. The van der Waals surface area contributed by atoms with Crippen molar-refractivity contribution in [2.45, 2.75) is 19.4 Å². The van der Waals surface area contributed by atoms with Crippen molar-refractivity contribution < 1.29 is 14.6 Å². The predicted octanol–water partition coefficient (Wildman–Crippen LogP) is 1.02. The Bertz CT molecular complexity index is 188. The van der Waals surface area contributed by atoms with Crippen LogP contribution in [0.15, 0.2) is 0 Å². The highest BCUT2D eigenvalue weighted by Gasteiger charge is 2.27. The third-order valence-corrected chi connectivity index (χ3v) is 2.41. The number of likely N-dealkylation sites (tertiary alicyclic amines) is 1. The molecule has 2 unspecified atom stereocenters. The first-order chi connectivity index (χ1) is 6.15. The quantitative estimate of drug-likeness (QED) is 0.654. The summed E-state index contributed by atoms with van der Waals surface area (Å²) in [4.78, 5) is 12.8. The molecular formula is C8H14ClNO3. The number of aliphatic hydroxyl groups is 1. The van der Waals surface area contributed by atoms with Crippen molar-refractivity contribution in [1.29, 1.82) is 0 Å². The minimum atomic E-state index is -0.395. The summed E-state index contributed by atoms with van der Waals surface area (Å²) >= 11 is 5.26. The molecule has 4 nitrogen and oxygen atoms in total. The molecule has 1 aliphatic rings. The Labute approximate surface area is 82.4 Å². The van der Waals surface area contributed by atoms with Crippen LogP contribution < -0.4 is 0 Å². The van der Waals surface area contributed by atoms with Crippen molar-refractivity contribution in [3.63, 3.8) is 0 Å². The zero-order valence-electron chi connectivity index (χ0n) is 7.57. The molecule has 76 valence electrons. The zero-order chi connectivity index (χ0) is 9.84. The van der Waals surface area contributed by atoms with E-state index in [1.807, 2.05) is 6.92 Å². The number of hydrogen-bond donors (Lipinski definition) is 1. The molecule has 0 radical (unpaired) electrons. The molecule has 1 amide bonds. The van der Waals surface area contributed by atoms with Gasteiger partial charge < -0.3 is 14.7 Å². The monoisotopic (exact) mass is 207 g/mol. The van der Waals surface area contributed by atoms with Crippen LogP contribution in [-0.2, 0) is 4.74 Å². The normalized spacial score (nSPS) is 28.7. The van der Waals surface area contributed by atoms with Crippen molar-refractivity contribution >= 4 is 17.7 Å². The van der Waals surface area contributed by atoms with Crippen LogP contribution in [0.1, 0.15) is 13.3 Å². The number of aliphatic hydroxyl groups excluding tert-OH is 1. The Hall–Kier alpha value is -0.480. The minimum absolute atomic E-state index is 0.108. The molecule has 0 bridgehead atoms. The third-order valence-electron chi connectivity index (χ3n) is 2.30. The smallest absolute Gasteiger partial charge is 0.410 e. The van der Waals surface area contributed by atoms with Gasteiger partial charge in [0.05, 0.1) is 6.10 Å². The summed E-state index contributed by atoms with van der Waals surface area (Å²) in [5, 5.41) is 9.40. The zero-order valence-corrected chi connectivity index (χ0v) is 8.33.